The highest BCUT2D eigenvalue weighted by molar-refractivity contribution is 5.40. The van der Waals surface area contributed by atoms with E-state index in [-0.39, 0.29) is 6.04 Å². The van der Waals surface area contributed by atoms with Crippen molar-refractivity contribution in [3.05, 3.63) is 29.3 Å². The molecule has 1 aliphatic heterocycles. The van der Waals surface area contributed by atoms with Crippen molar-refractivity contribution in [1.29, 1.82) is 0 Å². The summed E-state index contributed by atoms with van der Waals surface area (Å²) in [6.07, 6.45) is 4.39. The lowest BCUT2D eigenvalue weighted by Gasteiger charge is -2.17. The third kappa shape index (κ3) is 2.99. The fraction of sp³-hybridized carbons (Fsp3) is 0.571. The second-order valence-corrected chi connectivity index (χ2v) is 4.49. The van der Waals surface area contributed by atoms with Crippen molar-refractivity contribution in [3.63, 3.8) is 0 Å². The summed E-state index contributed by atoms with van der Waals surface area (Å²) in [6, 6.07) is 6.75. The highest BCUT2D eigenvalue weighted by Gasteiger charge is 2.19. The van der Waals surface area contributed by atoms with Crippen molar-refractivity contribution in [2.75, 3.05) is 13.7 Å². The fourth-order valence-electron chi connectivity index (χ4n) is 2.34. The van der Waals surface area contributed by atoms with Gasteiger partial charge in [0.2, 0.25) is 0 Å². The molecular formula is C14H21NO2. The van der Waals surface area contributed by atoms with E-state index in [0.717, 1.165) is 31.6 Å². The van der Waals surface area contributed by atoms with Gasteiger partial charge in [0.05, 0.1) is 19.8 Å². The molecule has 0 fully saturated rings. The maximum absolute atomic E-state index is 5.76. The van der Waals surface area contributed by atoms with Gasteiger partial charge in [-0.25, -0.2) is 0 Å². The standard InChI is InChI=1S/C14H21NO2/c1-3-5-11-7-8-14-12(10-11)13(15-16-2)6-4-9-17-14/h7-8,10,13,15H,3-6,9H2,1-2H3. The Kier molecular flexibility index (Phi) is 4.40. The smallest absolute Gasteiger partial charge is 0.124 e. The molecule has 0 bridgehead atoms. The predicted molar refractivity (Wildman–Crippen MR) is 68.1 cm³/mol. The number of aryl methyl sites for hydroxylation is 1. The summed E-state index contributed by atoms with van der Waals surface area (Å²) in [5.74, 6) is 0.997. The van der Waals surface area contributed by atoms with Gasteiger partial charge < -0.3 is 9.57 Å². The second-order valence-electron chi connectivity index (χ2n) is 4.49. The van der Waals surface area contributed by atoms with Crippen LogP contribution in [-0.2, 0) is 11.3 Å². The summed E-state index contributed by atoms with van der Waals surface area (Å²) in [6.45, 7) is 3.00. The third-order valence-electron chi connectivity index (χ3n) is 3.14. The molecule has 0 saturated carbocycles. The lowest BCUT2D eigenvalue weighted by molar-refractivity contribution is 0.0579. The first-order chi connectivity index (χ1) is 8.35. The van der Waals surface area contributed by atoms with Crippen molar-refractivity contribution in [1.82, 2.24) is 5.48 Å². The molecule has 1 aliphatic rings. The minimum Gasteiger partial charge on any atom is -0.493 e. The third-order valence-corrected chi connectivity index (χ3v) is 3.14. The van der Waals surface area contributed by atoms with Crippen LogP contribution in [0.25, 0.3) is 0 Å². The van der Waals surface area contributed by atoms with Crippen molar-refractivity contribution >= 4 is 0 Å². The van der Waals surface area contributed by atoms with Crippen molar-refractivity contribution in [3.8, 4) is 5.75 Å². The molecule has 0 saturated heterocycles. The average molecular weight is 235 g/mol. The van der Waals surface area contributed by atoms with E-state index in [1.165, 1.54) is 17.5 Å². The maximum atomic E-state index is 5.76. The monoisotopic (exact) mass is 235 g/mol. The van der Waals surface area contributed by atoms with Crippen LogP contribution < -0.4 is 10.2 Å². The van der Waals surface area contributed by atoms with Gasteiger partial charge in [0.25, 0.3) is 0 Å². The first-order valence-electron chi connectivity index (χ1n) is 6.39. The van der Waals surface area contributed by atoms with E-state index in [9.17, 15) is 0 Å². The Bertz CT molecular complexity index is 365. The van der Waals surface area contributed by atoms with Crippen LogP contribution in [0.15, 0.2) is 18.2 Å². The predicted octanol–water partition coefficient (Wildman–Crippen LogP) is 3.00. The Balaban J connectivity index is 2.28. The summed E-state index contributed by atoms with van der Waals surface area (Å²) in [4.78, 5) is 5.09. The molecule has 1 aromatic carbocycles. The topological polar surface area (TPSA) is 30.5 Å². The minimum absolute atomic E-state index is 0.245. The molecule has 3 heteroatoms. The van der Waals surface area contributed by atoms with Gasteiger partial charge in [-0.2, -0.15) is 5.48 Å². The largest absolute Gasteiger partial charge is 0.493 e. The van der Waals surface area contributed by atoms with E-state index < -0.39 is 0 Å². The molecule has 1 aromatic rings. The zero-order valence-electron chi connectivity index (χ0n) is 10.7. The number of fused-ring (bicyclic) bond motifs is 1. The van der Waals surface area contributed by atoms with E-state index in [2.05, 4.69) is 30.6 Å². The molecule has 0 aromatic heterocycles. The van der Waals surface area contributed by atoms with Gasteiger partial charge >= 0.3 is 0 Å². The molecule has 0 amide bonds. The molecule has 1 atom stereocenters. The maximum Gasteiger partial charge on any atom is 0.124 e. The van der Waals surface area contributed by atoms with Gasteiger partial charge in [-0.05, 0) is 30.9 Å². The molecule has 1 unspecified atom stereocenters. The molecule has 3 nitrogen and oxygen atoms in total. The van der Waals surface area contributed by atoms with Crippen molar-refractivity contribution in [2.24, 2.45) is 0 Å². The van der Waals surface area contributed by atoms with Crippen LogP contribution in [0.2, 0.25) is 0 Å². The lowest BCUT2D eigenvalue weighted by atomic mass is 9.99. The summed E-state index contributed by atoms with van der Waals surface area (Å²) in [5, 5.41) is 0. The van der Waals surface area contributed by atoms with Crippen LogP contribution in [-0.4, -0.2) is 13.7 Å². The first-order valence-corrected chi connectivity index (χ1v) is 6.39. The molecule has 94 valence electrons. The van der Waals surface area contributed by atoms with Crippen LogP contribution in [0.5, 0.6) is 5.75 Å². The Morgan fingerprint density at radius 3 is 3.12 bits per heavy atom. The highest BCUT2D eigenvalue weighted by atomic mass is 16.6. The van der Waals surface area contributed by atoms with Crippen molar-refractivity contribution in [2.45, 2.75) is 38.6 Å². The molecule has 0 spiro atoms. The van der Waals surface area contributed by atoms with E-state index in [1.54, 1.807) is 7.11 Å². The molecule has 0 aliphatic carbocycles. The first kappa shape index (κ1) is 12.4. The zero-order chi connectivity index (χ0) is 12.1. The van der Waals surface area contributed by atoms with Crippen LogP contribution in [0.4, 0.5) is 0 Å². The van der Waals surface area contributed by atoms with Gasteiger partial charge in [0.1, 0.15) is 5.75 Å². The normalized spacial score (nSPS) is 19.3. The van der Waals surface area contributed by atoms with E-state index in [0.29, 0.717) is 0 Å². The van der Waals surface area contributed by atoms with Crippen LogP contribution in [0.1, 0.15) is 43.4 Å². The van der Waals surface area contributed by atoms with E-state index in [4.69, 9.17) is 9.57 Å². The molecule has 0 radical (unpaired) electrons. The Hall–Kier alpha value is -1.06. The van der Waals surface area contributed by atoms with Crippen LogP contribution in [0.3, 0.4) is 0 Å². The molecular weight excluding hydrogens is 214 g/mol. The van der Waals surface area contributed by atoms with Gasteiger partial charge in [0.15, 0.2) is 0 Å². The van der Waals surface area contributed by atoms with Crippen LogP contribution >= 0.6 is 0 Å². The Morgan fingerprint density at radius 2 is 2.35 bits per heavy atom. The summed E-state index contributed by atoms with van der Waals surface area (Å²) in [5.41, 5.74) is 5.68. The summed E-state index contributed by atoms with van der Waals surface area (Å²) in [7, 11) is 1.67. The molecule has 1 N–H and O–H groups in total. The molecule has 17 heavy (non-hydrogen) atoms. The molecule has 2 rings (SSSR count). The number of nitrogens with one attached hydrogen (secondary N) is 1. The minimum atomic E-state index is 0.245. The summed E-state index contributed by atoms with van der Waals surface area (Å²) >= 11 is 0. The van der Waals surface area contributed by atoms with E-state index >= 15 is 0 Å². The number of hydrogen-bond acceptors (Lipinski definition) is 3. The van der Waals surface area contributed by atoms with E-state index in [1.807, 2.05) is 0 Å². The Morgan fingerprint density at radius 1 is 1.47 bits per heavy atom. The van der Waals surface area contributed by atoms with Gasteiger partial charge in [-0.3, -0.25) is 0 Å². The van der Waals surface area contributed by atoms with Gasteiger partial charge in [-0.15, -0.1) is 0 Å². The number of ether oxygens (including phenoxy) is 1. The van der Waals surface area contributed by atoms with Gasteiger partial charge in [-0.1, -0.05) is 25.5 Å². The average Bonchev–Trinajstić information content (AvgIpc) is 2.53. The highest BCUT2D eigenvalue weighted by Crippen LogP contribution is 2.32. The van der Waals surface area contributed by atoms with Crippen molar-refractivity contribution < 1.29 is 9.57 Å². The number of hydroxylamine groups is 1. The zero-order valence-corrected chi connectivity index (χ0v) is 10.7. The number of rotatable bonds is 4. The number of benzene rings is 1. The van der Waals surface area contributed by atoms with Crippen LogP contribution in [0, 0.1) is 0 Å². The SMILES string of the molecule is CCCc1ccc2c(c1)C(NOC)CCCO2. The number of hydrogen-bond donors (Lipinski definition) is 1. The summed E-state index contributed by atoms with van der Waals surface area (Å²) < 4.78 is 5.76. The van der Waals surface area contributed by atoms with Gasteiger partial charge in [0, 0.05) is 5.56 Å². The fourth-order valence-corrected chi connectivity index (χ4v) is 2.34. The Labute approximate surface area is 103 Å². The molecule has 1 heterocycles. The second kappa shape index (κ2) is 6.03. The lowest BCUT2D eigenvalue weighted by Crippen LogP contribution is -2.19. The quantitative estimate of drug-likeness (QED) is 0.814.